The molecule has 0 bridgehead atoms. The van der Waals surface area contributed by atoms with Gasteiger partial charge < -0.3 is 20.3 Å². The predicted molar refractivity (Wildman–Crippen MR) is 80.1 cm³/mol. The summed E-state index contributed by atoms with van der Waals surface area (Å²) in [6.07, 6.45) is 0.149. The van der Waals surface area contributed by atoms with E-state index in [1.807, 2.05) is 0 Å². The zero-order chi connectivity index (χ0) is 15.4. The fourth-order valence-electron chi connectivity index (χ4n) is 2.04. The minimum atomic E-state index is -0.239. The number of aromatic hydroxyl groups is 1. The fourth-order valence-corrected chi connectivity index (χ4v) is 2.04. The highest BCUT2D eigenvalue weighted by molar-refractivity contribution is 6.02. The van der Waals surface area contributed by atoms with Crippen LogP contribution in [-0.4, -0.2) is 25.1 Å². The molecule has 3 N–H and O–H groups in total. The van der Waals surface area contributed by atoms with E-state index in [4.69, 9.17) is 15.2 Å². The Hall–Kier alpha value is -2.69. The third-order valence-corrected chi connectivity index (χ3v) is 3.13. The molecule has 0 aliphatic heterocycles. The van der Waals surface area contributed by atoms with E-state index in [-0.39, 0.29) is 29.3 Å². The van der Waals surface area contributed by atoms with E-state index in [2.05, 4.69) is 0 Å². The lowest BCUT2D eigenvalue weighted by molar-refractivity contribution is 0.0987. The van der Waals surface area contributed by atoms with Crippen LogP contribution in [0.4, 0.5) is 5.69 Å². The van der Waals surface area contributed by atoms with Crippen LogP contribution in [-0.2, 0) is 6.42 Å². The summed E-state index contributed by atoms with van der Waals surface area (Å²) >= 11 is 0. The molecule has 0 aliphatic carbocycles. The number of anilines is 1. The Morgan fingerprint density at radius 3 is 2.38 bits per heavy atom. The summed E-state index contributed by atoms with van der Waals surface area (Å²) in [6, 6.07) is 9.97. The van der Waals surface area contributed by atoms with Crippen molar-refractivity contribution in [2.24, 2.45) is 0 Å². The lowest BCUT2D eigenvalue weighted by Crippen LogP contribution is -2.07. The van der Waals surface area contributed by atoms with Gasteiger partial charge in [-0.25, -0.2) is 0 Å². The highest BCUT2D eigenvalue weighted by Crippen LogP contribution is 2.34. The molecule has 0 saturated carbocycles. The molecule has 0 heterocycles. The van der Waals surface area contributed by atoms with E-state index in [1.54, 1.807) is 30.3 Å². The molecule has 0 amide bonds. The summed E-state index contributed by atoms with van der Waals surface area (Å²) in [5, 5.41) is 10.0. The number of hydrogen-bond acceptors (Lipinski definition) is 5. The second kappa shape index (κ2) is 6.17. The van der Waals surface area contributed by atoms with E-state index in [0.29, 0.717) is 11.4 Å². The monoisotopic (exact) mass is 287 g/mol. The molecular weight excluding hydrogens is 270 g/mol. The van der Waals surface area contributed by atoms with Crippen molar-refractivity contribution in [1.82, 2.24) is 0 Å². The molecule has 0 spiro atoms. The number of nitrogen functional groups attached to an aromatic ring is 1. The molecule has 0 unspecified atom stereocenters. The van der Waals surface area contributed by atoms with Crippen molar-refractivity contribution in [1.29, 1.82) is 0 Å². The van der Waals surface area contributed by atoms with Gasteiger partial charge in [0.15, 0.2) is 5.78 Å². The van der Waals surface area contributed by atoms with Crippen molar-refractivity contribution >= 4 is 11.5 Å². The van der Waals surface area contributed by atoms with Crippen LogP contribution in [0.15, 0.2) is 36.4 Å². The van der Waals surface area contributed by atoms with Crippen molar-refractivity contribution in [3.05, 3.63) is 47.5 Å². The van der Waals surface area contributed by atoms with Crippen LogP contribution in [0, 0.1) is 0 Å². The summed E-state index contributed by atoms with van der Waals surface area (Å²) in [4.78, 5) is 12.4. The number of methoxy groups -OCH3 is 2. The molecule has 0 radical (unpaired) electrons. The molecule has 0 aromatic heterocycles. The zero-order valence-corrected chi connectivity index (χ0v) is 11.9. The predicted octanol–water partition coefficient (Wildman–Crippen LogP) is 2.42. The number of carbonyl (C=O) groups excluding carboxylic acids is 1. The number of ketones is 1. The van der Waals surface area contributed by atoms with Crippen molar-refractivity contribution in [3.8, 4) is 17.2 Å². The molecule has 5 heteroatoms. The van der Waals surface area contributed by atoms with Crippen LogP contribution in [0.2, 0.25) is 0 Å². The third-order valence-electron chi connectivity index (χ3n) is 3.13. The Kier molecular flexibility index (Phi) is 4.33. The first-order valence-electron chi connectivity index (χ1n) is 6.37. The van der Waals surface area contributed by atoms with Gasteiger partial charge in [0.25, 0.3) is 0 Å². The van der Waals surface area contributed by atoms with Gasteiger partial charge in [0.1, 0.15) is 22.8 Å². The normalized spacial score (nSPS) is 10.2. The quantitative estimate of drug-likeness (QED) is 0.652. The summed E-state index contributed by atoms with van der Waals surface area (Å²) in [6.45, 7) is 0. The molecular formula is C16H17NO4. The van der Waals surface area contributed by atoms with Gasteiger partial charge in [0.05, 0.1) is 14.2 Å². The van der Waals surface area contributed by atoms with Crippen LogP contribution in [0.25, 0.3) is 0 Å². The highest BCUT2D eigenvalue weighted by atomic mass is 16.5. The number of phenolic OH excluding ortho intramolecular Hbond substituents is 1. The van der Waals surface area contributed by atoms with E-state index < -0.39 is 0 Å². The number of phenols is 1. The first-order chi connectivity index (χ1) is 10.0. The molecule has 0 saturated heterocycles. The maximum absolute atomic E-state index is 12.4. The molecule has 0 aliphatic rings. The molecule has 21 heavy (non-hydrogen) atoms. The minimum absolute atomic E-state index is 0.148. The van der Waals surface area contributed by atoms with Crippen LogP contribution >= 0.6 is 0 Å². The molecule has 5 nitrogen and oxygen atoms in total. The van der Waals surface area contributed by atoms with Crippen molar-refractivity contribution < 1.29 is 19.4 Å². The Bertz CT molecular complexity index is 650. The van der Waals surface area contributed by atoms with Gasteiger partial charge in [-0.15, -0.1) is 0 Å². The van der Waals surface area contributed by atoms with Crippen molar-refractivity contribution in [2.75, 3.05) is 20.0 Å². The first kappa shape index (κ1) is 14.7. The van der Waals surface area contributed by atoms with Crippen LogP contribution in [0.1, 0.15) is 15.9 Å². The van der Waals surface area contributed by atoms with Crippen LogP contribution in [0.3, 0.4) is 0 Å². The lowest BCUT2D eigenvalue weighted by atomic mass is 10.0. The van der Waals surface area contributed by atoms with Gasteiger partial charge in [0, 0.05) is 24.2 Å². The number of ether oxygens (including phenoxy) is 2. The number of benzene rings is 2. The number of Topliss-reactive ketones (excluding diaryl/α,β-unsaturated/α-hetero) is 1. The van der Waals surface area contributed by atoms with Gasteiger partial charge in [-0.3, -0.25) is 4.79 Å². The SMILES string of the molecule is COc1cc(O)c(C(=O)Cc2ccc(N)cc2)c(OC)c1. The molecule has 2 rings (SSSR count). The number of carbonyl (C=O) groups is 1. The number of rotatable bonds is 5. The van der Waals surface area contributed by atoms with Gasteiger partial charge >= 0.3 is 0 Å². The molecule has 0 atom stereocenters. The van der Waals surface area contributed by atoms with E-state index in [1.165, 1.54) is 20.3 Å². The lowest BCUT2D eigenvalue weighted by Gasteiger charge is -2.12. The highest BCUT2D eigenvalue weighted by Gasteiger charge is 2.19. The van der Waals surface area contributed by atoms with E-state index in [0.717, 1.165) is 5.56 Å². The second-order valence-electron chi connectivity index (χ2n) is 4.57. The van der Waals surface area contributed by atoms with Crippen LogP contribution < -0.4 is 15.2 Å². The Morgan fingerprint density at radius 2 is 1.81 bits per heavy atom. The van der Waals surface area contributed by atoms with E-state index in [9.17, 15) is 9.90 Å². The van der Waals surface area contributed by atoms with E-state index >= 15 is 0 Å². The second-order valence-corrected chi connectivity index (χ2v) is 4.57. The summed E-state index contributed by atoms with van der Waals surface area (Å²) in [5.74, 6) is 0.309. The average molecular weight is 287 g/mol. The molecule has 0 fully saturated rings. The van der Waals surface area contributed by atoms with Crippen LogP contribution in [0.5, 0.6) is 17.2 Å². The van der Waals surface area contributed by atoms with Crippen molar-refractivity contribution in [2.45, 2.75) is 6.42 Å². The van der Waals surface area contributed by atoms with Crippen molar-refractivity contribution in [3.63, 3.8) is 0 Å². The molecule has 110 valence electrons. The van der Waals surface area contributed by atoms with Gasteiger partial charge in [-0.2, -0.15) is 0 Å². The summed E-state index contributed by atoms with van der Waals surface area (Å²) in [7, 11) is 2.91. The maximum Gasteiger partial charge on any atom is 0.174 e. The maximum atomic E-state index is 12.4. The summed E-state index contributed by atoms with van der Waals surface area (Å²) < 4.78 is 10.2. The molecule has 2 aromatic carbocycles. The Labute approximate surface area is 122 Å². The van der Waals surface area contributed by atoms with Gasteiger partial charge in [-0.1, -0.05) is 12.1 Å². The van der Waals surface area contributed by atoms with Gasteiger partial charge in [0.2, 0.25) is 0 Å². The van der Waals surface area contributed by atoms with Gasteiger partial charge in [-0.05, 0) is 17.7 Å². The standard InChI is InChI=1S/C16H17NO4/c1-20-12-8-14(19)16(15(9-12)21-2)13(18)7-10-3-5-11(17)6-4-10/h3-6,8-9,19H,7,17H2,1-2H3. The topological polar surface area (TPSA) is 81.8 Å². The smallest absolute Gasteiger partial charge is 0.174 e. The Balaban J connectivity index is 2.32. The Morgan fingerprint density at radius 1 is 1.14 bits per heavy atom. The first-order valence-corrected chi connectivity index (χ1v) is 6.37. The zero-order valence-electron chi connectivity index (χ0n) is 11.9. The largest absolute Gasteiger partial charge is 0.507 e. The number of nitrogens with two attached hydrogens (primary N) is 1. The third kappa shape index (κ3) is 3.25. The number of hydrogen-bond donors (Lipinski definition) is 2. The molecule has 2 aromatic rings. The minimum Gasteiger partial charge on any atom is -0.507 e. The average Bonchev–Trinajstić information content (AvgIpc) is 2.48. The fraction of sp³-hybridized carbons (Fsp3) is 0.188. The summed E-state index contributed by atoms with van der Waals surface area (Å²) in [5.41, 5.74) is 7.21.